The molecule has 2 heterocycles. The molecule has 2 atom stereocenters. The van der Waals surface area contributed by atoms with Gasteiger partial charge in [0.1, 0.15) is 0 Å². The Bertz CT molecular complexity index is 907. The maximum Gasteiger partial charge on any atom is 0.255 e. The number of nitrogens with zero attached hydrogens (tertiary/aromatic N) is 2. The molecule has 0 spiro atoms. The summed E-state index contributed by atoms with van der Waals surface area (Å²) < 4.78 is 0. The van der Waals surface area contributed by atoms with E-state index < -0.39 is 0 Å². The molecule has 0 radical (unpaired) electrons. The van der Waals surface area contributed by atoms with Crippen molar-refractivity contribution in [3.05, 3.63) is 78.0 Å². The largest absolute Gasteiger partial charge is 0.349 e. The van der Waals surface area contributed by atoms with Gasteiger partial charge < -0.3 is 10.2 Å². The number of rotatable bonds is 5. The molecule has 0 unspecified atom stereocenters. The van der Waals surface area contributed by atoms with E-state index in [-0.39, 0.29) is 11.9 Å². The molecule has 1 fully saturated rings. The first-order valence-corrected chi connectivity index (χ1v) is 9.83. The Hall–Kier alpha value is -2.92. The van der Waals surface area contributed by atoms with Crippen molar-refractivity contribution < 1.29 is 4.79 Å². The molecule has 1 saturated heterocycles. The maximum atomic E-state index is 13.1. The van der Waals surface area contributed by atoms with E-state index in [2.05, 4.69) is 51.7 Å². The van der Waals surface area contributed by atoms with Gasteiger partial charge in [-0.25, -0.2) is 0 Å². The van der Waals surface area contributed by atoms with E-state index in [9.17, 15) is 4.79 Å². The average Bonchev–Trinajstić information content (AvgIpc) is 3.21. The number of aromatic amines is 1. The molecule has 3 aromatic rings. The Morgan fingerprint density at radius 3 is 2.61 bits per heavy atom. The Balaban J connectivity index is 1.51. The summed E-state index contributed by atoms with van der Waals surface area (Å²) in [5, 5.41) is 10.4. The lowest BCUT2D eigenvalue weighted by atomic mass is 9.86. The maximum absolute atomic E-state index is 13.1. The molecule has 5 heteroatoms. The normalized spacial score (nSPS) is 20.0. The minimum atomic E-state index is -0.0554. The van der Waals surface area contributed by atoms with E-state index in [1.807, 2.05) is 36.4 Å². The third-order valence-electron chi connectivity index (χ3n) is 5.54. The van der Waals surface area contributed by atoms with Gasteiger partial charge in [0.2, 0.25) is 0 Å². The minimum Gasteiger partial charge on any atom is -0.349 e. The van der Waals surface area contributed by atoms with Gasteiger partial charge in [0.15, 0.2) is 0 Å². The smallest absolute Gasteiger partial charge is 0.255 e. The van der Waals surface area contributed by atoms with Gasteiger partial charge in [-0.3, -0.25) is 9.89 Å². The topological polar surface area (TPSA) is 61.0 Å². The Morgan fingerprint density at radius 1 is 1.14 bits per heavy atom. The van der Waals surface area contributed by atoms with E-state index in [1.54, 1.807) is 6.20 Å². The molecule has 2 N–H and O–H groups in total. The van der Waals surface area contributed by atoms with Crippen LogP contribution in [0, 0.1) is 5.92 Å². The summed E-state index contributed by atoms with van der Waals surface area (Å²) in [7, 11) is 2.15. The first-order chi connectivity index (χ1) is 13.7. The Kier molecular flexibility index (Phi) is 5.53. The second-order valence-electron chi connectivity index (χ2n) is 7.61. The molecule has 28 heavy (non-hydrogen) atoms. The quantitative estimate of drug-likeness (QED) is 0.720. The summed E-state index contributed by atoms with van der Waals surface area (Å²) in [4.78, 5) is 15.4. The summed E-state index contributed by atoms with van der Waals surface area (Å²) in [6, 6.07) is 20.5. The van der Waals surface area contributed by atoms with Crippen molar-refractivity contribution in [2.75, 3.05) is 20.1 Å². The van der Waals surface area contributed by atoms with Crippen molar-refractivity contribution in [1.29, 1.82) is 0 Å². The Labute approximate surface area is 165 Å². The second-order valence-corrected chi connectivity index (χ2v) is 7.61. The molecule has 0 saturated carbocycles. The van der Waals surface area contributed by atoms with Crippen LogP contribution < -0.4 is 5.32 Å². The highest BCUT2D eigenvalue weighted by Crippen LogP contribution is 2.24. The van der Waals surface area contributed by atoms with Crippen molar-refractivity contribution in [3.63, 3.8) is 0 Å². The monoisotopic (exact) mass is 374 g/mol. The fourth-order valence-electron chi connectivity index (χ4n) is 4.06. The predicted molar refractivity (Wildman–Crippen MR) is 111 cm³/mol. The number of benzene rings is 2. The van der Waals surface area contributed by atoms with Gasteiger partial charge in [-0.2, -0.15) is 5.10 Å². The molecule has 4 rings (SSSR count). The summed E-state index contributed by atoms with van der Waals surface area (Å²) in [6.07, 6.45) is 3.55. The molecule has 1 amide bonds. The summed E-state index contributed by atoms with van der Waals surface area (Å²) >= 11 is 0. The lowest BCUT2D eigenvalue weighted by Gasteiger charge is -2.37. The minimum absolute atomic E-state index is 0.0554. The van der Waals surface area contributed by atoms with Crippen molar-refractivity contribution in [2.45, 2.75) is 18.9 Å². The highest BCUT2D eigenvalue weighted by Gasteiger charge is 2.30. The molecule has 2 aromatic carbocycles. The molecule has 0 bridgehead atoms. The van der Waals surface area contributed by atoms with Gasteiger partial charge in [0.05, 0.1) is 17.5 Å². The van der Waals surface area contributed by atoms with E-state index in [0.29, 0.717) is 11.5 Å². The highest BCUT2D eigenvalue weighted by molar-refractivity contribution is 5.99. The van der Waals surface area contributed by atoms with Gasteiger partial charge in [-0.05, 0) is 37.9 Å². The molecular formula is C23H26N4O. The number of hydrogen-bond donors (Lipinski definition) is 2. The van der Waals surface area contributed by atoms with Gasteiger partial charge in [0.25, 0.3) is 5.91 Å². The van der Waals surface area contributed by atoms with Crippen molar-refractivity contribution >= 4 is 5.91 Å². The van der Waals surface area contributed by atoms with Crippen LogP contribution in [0.15, 0.2) is 66.9 Å². The van der Waals surface area contributed by atoms with Crippen LogP contribution in [-0.4, -0.2) is 47.2 Å². The molecule has 1 aromatic heterocycles. The van der Waals surface area contributed by atoms with Crippen LogP contribution in [-0.2, 0) is 6.42 Å². The number of amides is 1. The van der Waals surface area contributed by atoms with E-state index in [1.165, 1.54) is 5.56 Å². The molecule has 1 aliphatic rings. The summed E-state index contributed by atoms with van der Waals surface area (Å²) in [5.74, 6) is 0.331. The molecule has 5 nitrogen and oxygen atoms in total. The van der Waals surface area contributed by atoms with Crippen molar-refractivity contribution in [2.24, 2.45) is 5.92 Å². The van der Waals surface area contributed by atoms with Crippen LogP contribution in [0.25, 0.3) is 11.3 Å². The number of likely N-dealkylation sites (tertiary alicyclic amines) is 1. The molecule has 1 aliphatic heterocycles. The van der Waals surface area contributed by atoms with Crippen molar-refractivity contribution in [1.82, 2.24) is 20.4 Å². The Morgan fingerprint density at radius 2 is 1.86 bits per heavy atom. The highest BCUT2D eigenvalue weighted by atomic mass is 16.1. The lowest BCUT2D eigenvalue weighted by molar-refractivity contribution is 0.0874. The van der Waals surface area contributed by atoms with Gasteiger partial charge in [0, 0.05) is 18.2 Å². The third-order valence-corrected chi connectivity index (χ3v) is 5.54. The number of H-pyrrole nitrogens is 1. The number of piperidine rings is 1. The van der Waals surface area contributed by atoms with Crippen LogP contribution >= 0.6 is 0 Å². The van der Waals surface area contributed by atoms with Gasteiger partial charge in [-0.15, -0.1) is 0 Å². The fraction of sp³-hybridized carbons (Fsp3) is 0.304. The standard InChI is InChI=1S/C23H26N4O/c1-27-13-12-21(19(16-27)14-17-8-4-2-5-9-17)25-23(28)20-15-24-26-22(20)18-10-6-3-7-11-18/h2-11,15,19,21H,12-14,16H2,1H3,(H,24,26)(H,25,28)/t19-,21+/m0/s1. The number of carbonyl (C=O) groups is 1. The van der Waals surface area contributed by atoms with Crippen LogP contribution in [0.1, 0.15) is 22.3 Å². The van der Waals surface area contributed by atoms with E-state index >= 15 is 0 Å². The zero-order valence-electron chi connectivity index (χ0n) is 16.1. The number of nitrogens with one attached hydrogen (secondary N) is 2. The van der Waals surface area contributed by atoms with Crippen LogP contribution in [0.2, 0.25) is 0 Å². The number of hydrogen-bond acceptors (Lipinski definition) is 3. The number of aromatic nitrogens is 2. The SMILES string of the molecule is CN1CC[C@@H](NC(=O)c2cn[nH]c2-c2ccccc2)[C@@H](Cc2ccccc2)C1. The molecule has 0 aliphatic carbocycles. The fourth-order valence-corrected chi connectivity index (χ4v) is 4.06. The third kappa shape index (κ3) is 4.15. The number of carbonyl (C=O) groups excluding carboxylic acids is 1. The van der Waals surface area contributed by atoms with E-state index in [0.717, 1.165) is 37.2 Å². The van der Waals surface area contributed by atoms with Crippen LogP contribution in [0.4, 0.5) is 0 Å². The summed E-state index contributed by atoms with van der Waals surface area (Å²) in [5.41, 5.74) is 3.65. The molecular weight excluding hydrogens is 348 g/mol. The second kappa shape index (κ2) is 8.40. The summed E-state index contributed by atoms with van der Waals surface area (Å²) in [6.45, 7) is 1.98. The van der Waals surface area contributed by atoms with Crippen molar-refractivity contribution in [3.8, 4) is 11.3 Å². The first kappa shape index (κ1) is 18.4. The predicted octanol–water partition coefficient (Wildman–Crippen LogP) is 3.37. The van der Waals surface area contributed by atoms with Gasteiger partial charge in [-0.1, -0.05) is 60.7 Å². The zero-order valence-corrected chi connectivity index (χ0v) is 16.1. The molecule has 144 valence electrons. The lowest BCUT2D eigenvalue weighted by Crippen LogP contribution is -2.50. The zero-order chi connectivity index (χ0) is 19.3. The average molecular weight is 374 g/mol. The van der Waals surface area contributed by atoms with Crippen LogP contribution in [0.5, 0.6) is 0 Å². The van der Waals surface area contributed by atoms with E-state index in [4.69, 9.17) is 0 Å². The first-order valence-electron chi connectivity index (χ1n) is 9.83. The van der Waals surface area contributed by atoms with Crippen LogP contribution in [0.3, 0.4) is 0 Å². The van der Waals surface area contributed by atoms with Gasteiger partial charge >= 0.3 is 0 Å².